The molecule has 0 amide bonds. The Morgan fingerprint density at radius 1 is 1.00 bits per heavy atom. The van der Waals surface area contributed by atoms with Gasteiger partial charge in [-0.15, -0.1) is 0 Å². The lowest BCUT2D eigenvalue weighted by molar-refractivity contribution is -0.385. The first-order valence-corrected chi connectivity index (χ1v) is 11.8. The van der Waals surface area contributed by atoms with Gasteiger partial charge in [0.2, 0.25) is 0 Å². The topological polar surface area (TPSA) is 120 Å². The quantitative estimate of drug-likeness (QED) is 0.317. The molecular weight excluding hydrogens is 444 g/mol. The van der Waals surface area contributed by atoms with Crippen molar-refractivity contribution in [1.82, 2.24) is 0 Å². The average molecular weight is 464 g/mol. The highest BCUT2D eigenvalue weighted by Gasteiger charge is 2.36. The van der Waals surface area contributed by atoms with Crippen LogP contribution in [0.3, 0.4) is 0 Å². The van der Waals surface area contributed by atoms with E-state index in [-0.39, 0.29) is 27.5 Å². The zero-order valence-corrected chi connectivity index (χ0v) is 18.7. The summed E-state index contributed by atoms with van der Waals surface area (Å²) in [6, 6.07) is 13.6. The van der Waals surface area contributed by atoms with Crippen molar-refractivity contribution in [2.45, 2.75) is 31.6 Å². The van der Waals surface area contributed by atoms with Crippen LogP contribution in [0.2, 0.25) is 0 Å². The van der Waals surface area contributed by atoms with Crippen LogP contribution in [0.25, 0.3) is 21.7 Å². The van der Waals surface area contributed by atoms with Crippen LogP contribution in [-0.2, 0) is 16.4 Å². The van der Waals surface area contributed by atoms with E-state index in [0.717, 1.165) is 6.07 Å². The summed E-state index contributed by atoms with van der Waals surface area (Å²) in [5, 5.41) is 12.9. The predicted molar refractivity (Wildman–Crippen MR) is 124 cm³/mol. The largest absolute Gasteiger partial charge is 0.460 e. The third-order valence-electron chi connectivity index (χ3n) is 5.91. The molecule has 0 spiro atoms. The van der Waals surface area contributed by atoms with Crippen LogP contribution in [0.5, 0.6) is 0 Å². The fourth-order valence-electron chi connectivity index (χ4n) is 4.47. The first-order chi connectivity index (χ1) is 15.6. The molecule has 9 heteroatoms. The smallest absolute Gasteiger partial charge is 0.270 e. The molecule has 0 saturated heterocycles. The summed E-state index contributed by atoms with van der Waals surface area (Å²) in [7, 11) is -4.14. The lowest BCUT2D eigenvalue weighted by Gasteiger charge is -2.27. The van der Waals surface area contributed by atoms with Gasteiger partial charge in [-0.2, -0.15) is 0 Å². The van der Waals surface area contributed by atoms with Crippen LogP contribution in [0, 0.1) is 15.5 Å². The first kappa shape index (κ1) is 21.1. The highest BCUT2D eigenvalue weighted by Crippen LogP contribution is 2.43. The van der Waals surface area contributed by atoms with E-state index in [0.29, 0.717) is 45.9 Å². The number of sulfonamides is 1. The van der Waals surface area contributed by atoms with E-state index >= 15 is 0 Å². The Bertz CT molecular complexity index is 1580. The number of Topliss-reactive ketones (excluding diaryl/α,β-unsaturated/α-hetero) is 1. The number of non-ortho nitro benzene ring substituents is 1. The highest BCUT2D eigenvalue weighted by molar-refractivity contribution is 7.92. The van der Waals surface area contributed by atoms with Crippen molar-refractivity contribution in [3.8, 4) is 0 Å². The van der Waals surface area contributed by atoms with Gasteiger partial charge in [0, 0.05) is 41.1 Å². The van der Waals surface area contributed by atoms with Gasteiger partial charge >= 0.3 is 0 Å². The lowest BCUT2D eigenvalue weighted by atomic mass is 9.76. The first-order valence-electron chi connectivity index (χ1n) is 10.3. The van der Waals surface area contributed by atoms with Crippen LogP contribution in [-0.4, -0.2) is 19.1 Å². The summed E-state index contributed by atoms with van der Waals surface area (Å²) >= 11 is 0. The highest BCUT2D eigenvalue weighted by atomic mass is 32.2. The maximum absolute atomic E-state index is 13.1. The normalized spacial score (nSPS) is 15.5. The van der Waals surface area contributed by atoms with Crippen molar-refractivity contribution >= 4 is 48.9 Å². The summed E-state index contributed by atoms with van der Waals surface area (Å²) in [5.74, 6) is 0.567. The Kier molecular flexibility index (Phi) is 4.58. The van der Waals surface area contributed by atoms with Crippen molar-refractivity contribution in [2.75, 3.05) is 4.72 Å². The number of nitrogens with one attached hydrogen (secondary N) is 1. The van der Waals surface area contributed by atoms with Crippen molar-refractivity contribution in [1.29, 1.82) is 0 Å². The Morgan fingerprint density at radius 2 is 1.73 bits per heavy atom. The van der Waals surface area contributed by atoms with Crippen LogP contribution in [0.15, 0.2) is 63.9 Å². The number of furan rings is 1. The number of nitro benzene ring substituents is 1. The molecule has 168 valence electrons. The molecule has 1 aliphatic rings. The van der Waals surface area contributed by atoms with E-state index < -0.39 is 14.9 Å². The van der Waals surface area contributed by atoms with Gasteiger partial charge in [-0.05, 0) is 17.5 Å². The monoisotopic (exact) mass is 464 g/mol. The average Bonchev–Trinajstić information content (AvgIpc) is 3.11. The summed E-state index contributed by atoms with van der Waals surface area (Å²) < 4.78 is 34.9. The number of hydrogen-bond acceptors (Lipinski definition) is 6. The Labute approximate surface area is 189 Å². The number of anilines is 1. The van der Waals surface area contributed by atoms with Crippen molar-refractivity contribution in [2.24, 2.45) is 5.41 Å². The molecule has 0 fully saturated rings. The summed E-state index contributed by atoms with van der Waals surface area (Å²) in [5.41, 5.74) is 0.757. The number of rotatable bonds is 4. The van der Waals surface area contributed by atoms with Crippen molar-refractivity contribution < 1.29 is 22.6 Å². The molecule has 1 N–H and O–H groups in total. The number of fused-ring (bicyclic) bond motifs is 5. The van der Waals surface area contributed by atoms with Crippen molar-refractivity contribution in [3.05, 3.63) is 76.0 Å². The fourth-order valence-corrected chi connectivity index (χ4v) is 5.58. The van der Waals surface area contributed by atoms with E-state index in [1.807, 2.05) is 26.0 Å². The maximum atomic E-state index is 13.1. The Balaban J connectivity index is 1.70. The molecule has 0 unspecified atom stereocenters. The molecule has 1 aromatic heterocycles. The number of nitro groups is 1. The molecule has 1 heterocycles. The summed E-state index contributed by atoms with van der Waals surface area (Å²) in [4.78, 5) is 23.2. The van der Waals surface area contributed by atoms with Crippen LogP contribution in [0.4, 0.5) is 11.4 Å². The minimum atomic E-state index is -4.14. The standard InChI is InChI=1S/C24H20N2O6S/c1-24(2)12-20(27)22-18-11-19(16-8-3-4-9-17(16)23(18)32-21(22)13-24)25-33(30,31)15-7-5-6-14(10-15)26(28)29/h3-11,25H,12-13H2,1-2H3. The van der Waals surface area contributed by atoms with E-state index in [9.17, 15) is 23.3 Å². The molecule has 0 saturated carbocycles. The Morgan fingerprint density at radius 3 is 2.45 bits per heavy atom. The number of hydrogen-bond donors (Lipinski definition) is 1. The second-order valence-electron chi connectivity index (χ2n) is 9.05. The van der Waals surface area contributed by atoms with Gasteiger partial charge < -0.3 is 4.42 Å². The molecule has 0 radical (unpaired) electrons. The van der Waals surface area contributed by atoms with E-state index in [1.165, 1.54) is 18.2 Å². The predicted octanol–water partition coefficient (Wildman–Crippen LogP) is 5.45. The number of nitrogens with zero attached hydrogens (tertiary/aromatic N) is 1. The third kappa shape index (κ3) is 3.54. The van der Waals surface area contributed by atoms with Gasteiger partial charge in [-0.25, -0.2) is 8.42 Å². The minimum absolute atomic E-state index is 0.0391. The molecule has 5 rings (SSSR count). The molecule has 4 aromatic rings. The van der Waals surface area contributed by atoms with E-state index in [1.54, 1.807) is 18.2 Å². The van der Waals surface area contributed by atoms with Gasteiger partial charge in [0.05, 0.1) is 21.1 Å². The summed E-state index contributed by atoms with van der Waals surface area (Å²) in [6.45, 7) is 4.02. The number of carbonyl (C=O) groups excluding carboxylic acids is 1. The van der Waals surface area contributed by atoms with Crippen LogP contribution < -0.4 is 4.72 Å². The molecule has 33 heavy (non-hydrogen) atoms. The van der Waals surface area contributed by atoms with Crippen LogP contribution in [0.1, 0.15) is 36.4 Å². The lowest BCUT2D eigenvalue weighted by Crippen LogP contribution is -2.25. The third-order valence-corrected chi connectivity index (χ3v) is 7.27. The van der Waals surface area contributed by atoms with Gasteiger partial charge in [0.15, 0.2) is 5.78 Å². The minimum Gasteiger partial charge on any atom is -0.460 e. The fraction of sp³-hybridized carbons (Fsp3) is 0.208. The van der Waals surface area contributed by atoms with Gasteiger partial charge in [0.1, 0.15) is 11.3 Å². The molecule has 0 bridgehead atoms. The van der Waals surface area contributed by atoms with Gasteiger partial charge in [0.25, 0.3) is 15.7 Å². The molecule has 8 nitrogen and oxygen atoms in total. The zero-order valence-electron chi connectivity index (χ0n) is 17.9. The zero-order chi connectivity index (χ0) is 23.5. The van der Waals surface area contributed by atoms with E-state index in [4.69, 9.17) is 4.42 Å². The van der Waals surface area contributed by atoms with Gasteiger partial charge in [-0.1, -0.05) is 44.2 Å². The number of carbonyl (C=O) groups is 1. The van der Waals surface area contributed by atoms with Gasteiger partial charge in [-0.3, -0.25) is 19.6 Å². The number of benzene rings is 3. The maximum Gasteiger partial charge on any atom is 0.270 e. The molecule has 0 atom stereocenters. The van der Waals surface area contributed by atoms with Crippen LogP contribution >= 0.6 is 0 Å². The Hall–Kier alpha value is -3.72. The molecule has 3 aromatic carbocycles. The number of ketones is 1. The summed E-state index contributed by atoms with van der Waals surface area (Å²) in [6.07, 6.45) is 0.974. The molecule has 1 aliphatic carbocycles. The second kappa shape index (κ2) is 7.14. The molecule has 0 aliphatic heterocycles. The van der Waals surface area contributed by atoms with E-state index in [2.05, 4.69) is 4.72 Å². The van der Waals surface area contributed by atoms with Crippen molar-refractivity contribution in [3.63, 3.8) is 0 Å². The SMILES string of the molecule is CC1(C)CC(=O)c2c(oc3c2cc(NS(=O)(=O)c2cccc([N+](=O)[O-])c2)c2ccccc23)C1. The molecular formula is C24H20N2O6S. The second-order valence-corrected chi connectivity index (χ2v) is 10.7.